The van der Waals surface area contributed by atoms with Crippen molar-refractivity contribution in [2.24, 2.45) is 0 Å². The zero-order valence-corrected chi connectivity index (χ0v) is 15.4. The first kappa shape index (κ1) is 21.7. The van der Waals surface area contributed by atoms with Crippen LogP contribution in [0.5, 0.6) is 0 Å². The summed E-state index contributed by atoms with van der Waals surface area (Å²) in [7, 11) is 0. The highest BCUT2D eigenvalue weighted by atomic mass is 16.6. The van der Waals surface area contributed by atoms with Crippen LogP contribution in [0.2, 0.25) is 0 Å². The Balaban J connectivity index is 3.02. The van der Waals surface area contributed by atoms with E-state index >= 15 is 0 Å². The molecule has 0 saturated carbocycles. The molecule has 0 amide bonds. The Morgan fingerprint density at radius 2 is 1.14 bits per heavy atom. The average Bonchev–Trinajstić information content (AvgIpc) is 2.54. The number of hydrogen-bond acceptors (Lipinski definition) is 2. The van der Waals surface area contributed by atoms with E-state index in [2.05, 4.69) is 24.6 Å². The lowest BCUT2D eigenvalue weighted by atomic mass is 10.1. The van der Waals surface area contributed by atoms with E-state index in [1.54, 1.807) is 0 Å². The Hall–Kier alpha value is -0.340. The van der Waals surface area contributed by atoms with Gasteiger partial charge >= 0.3 is 0 Å². The first-order valence-corrected chi connectivity index (χ1v) is 9.91. The van der Waals surface area contributed by atoms with Crippen LogP contribution in [0.4, 0.5) is 0 Å². The summed E-state index contributed by atoms with van der Waals surface area (Å²) in [5.74, 6) is 0. The van der Waals surface area contributed by atoms with Crippen LogP contribution < -0.4 is 5.48 Å². The minimum atomic E-state index is 0.756. The van der Waals surface area contributed by atoms with Gasteiger partial charge in [-0.05, 0) is 39.0 Å². The van der Waals surface area contributed by atoms with Crippen molar-refractivity contribution in [1.29, 1.82) is 0 Å². The maximum atomic E-state index is 5.10. The fourth-order valence-electron chi connectivity index (χ4n) is 2.62. The van der Waals surface area contributed by atoms with Crippen LogP contribution in [0.1, 0.15) is 104 Å². The number of allylic oxidation sites excluding steroid dienone is 2. The minimum Gasteiger partial charge on any atom is -0.302 e. The predicted molar refractivity (Wildman–Crippen MR) is 99.1 cm³/mol. The second kappa shape index (κ2) is 20.7. The lowest BCUT2D eigenvalue weighted by Gasteiger charge is -2.03. The molecule has 0 heterocycles. The highest BCUT2D eigenvalue weighted by Gasteiger charge is 1.91. The first-order valence-electron chi connectivity index (χ1n) is 9.91. The number of rotatable bonds is 18. The van der Waals surface area contributed by atoms with E-state index in [-0.39, 0.29) is 0 Å². The molecule has 0 saturated heterocycles. The van der Waals surface area contributed by atoms with Crippen LogP contribution in [0.25, 0.3) is 0 Å². The topological polar surface area (TPSA) is 21.3 Å². The monoisotopic (exact) mass is 311 g/mol. The third kappa shape index (κ3) is 19.7. The largest absolute Gasteiger partial charge is 0.302 e. The maximum Gasteiger partial charge on any atom is 0.0653 e. The lowest BCUT2D eigenvalue weighted by Crippen LogP contribution is -2.15. The van der Waals surface area contributed by atoms with Gasteiger partial charge in [0, 0.05) is 6.54 Å². The summed E-state index contributed by atoms with van der Waals surface area (Å²) in [5, 5.41) is 0. The SMILES string of the molecule is CCCCCCCCC=CCCCCCCCCNOCC. The minimum absolute atomic E-state index is 0.756. The van der Waals surface area contributed by atoms with Gasteiger partial charge in [0.1, 0.15) is 0 Å². The quantitative estimate of drug-likeness (QED) is 0.176. The van der Waals surface area contributed by atoms with Crippen LogP contribution in [0, 0.1) is 0 Å². The molecule has 0 rings (SSSR count). The van der Waals surface area contributed by atoms with Crippen LogP contribution in [-0.4, -0.2) is 13.2 Å². The molecule has 132 valence electrons. The van der Waals surface area contributed by atoms with E-state index in [0.29, 0.717) is 0 Å². The van der Waals surface area contributed by atoms with Gasteiger partial charge in [0.05, 0.1) is 6.61 Å². The zero-order chi connectivity index (χ0) is 16.1. The van der Waals surface area contributed by atoms with Crippen LogP contribution >= 0.6 is 0 Å². The van der Waals surface area contributed by atoms with E-state index in [4.69, 9.17) is 4.84 Å². The molecule has 1 N–H and O–H groups in total. The fourth-order valence-corrected chi connectivity index (χ4v) is 2.62. The van der Waals surface area contributed by atoms with Gasteiger partial charge in [-0.2, -0.15) is 0 Å². The van der Waals surface area contributed by atoms with Crippen molar-refractivity contribution >= 4 is 0 Å². The molecule has 0 bridgehead atoms. The third-order valence-electron chi connectivity index (χ3n) is 4.04. The molecule has 0 fully saturated rings. The van der Waals surface area contributed by atoms with E-state index in [0.717, 1.165) is 13.2 Å². The molecule has 0 radical (unpaired) electrons. The highest BCUT2D eigenvalue weighted by Crippen LogP contribution is 2.09. The molecule has 0 aromatic carbocycles. The smallest absolute Gasteiger partial charge is 0.0653 e. The molecule has 2 nitrogen and oxygen atoms in total. The zero-order valence-electron chi connectivity index (χ0n) is 15.4. The van der Waals surface area contributed by atoms with Gasteiger partial charge in [-0.1, -0.05) is 76.9 Å². The first-order chi connectivity index (χ1) is 10.9. The van der Waals surface area contributed by atoms with Crippen LogP contribution in [-0.2, 0) is 4.84 Å². The molecule has 0 aromatic rings. The summed E-state index contributed by atoms with van der Waals surface area (Å²) in [5.41, 5.74) is 2.98. The molecule has 0 aromatic heterocycles. The average molecular weight is 312 g/mol. The Kier molecular flexibility index (Phi) is 20.3. The summed E-state index contributed by atoms with van der Waals surface area (Å²) >= 11 is 0. The fraction of sp³-hybridized carbons (Fsp3) is 0.900. The van der Waals surface area contributed by atoms with Gasteiger partial charge in [0.2, 0.25) is 0 Å². The number of nitrogens with one attached hydrogen (secondary N) is 1. The second-order valence-corrected chi connectivity index (χ2v) is 6.27. The molecule has 0 aliphatic heterocycles. The Morgan fingerprint density at radius 1 is 0.636 bits per heavy atom. The summed E-state index contributed by atoms with van der Waals surface area (Å²) < 4.78 is 0. The summed E-state index contributed by atoms with van der Waals surface area (Å²) in [6, 6.07) is 0. The van der Waals surface area contributed by atoms with Crippen molar-refractivity contribution < 1.29 is 4.84 Å². The molecular weight excluding hydrogens is 270 g/mol. The van der Waals surface area contributed by atoms with E-state index in [1.165, 1.54) is 89.9 Å². The van der Waals surface area contributed by atoms with Gasteiger partial charge in [-0.3, -0.25) is 0 Å². The van der Waals surface area contributed by atoms with Crippen molar-refractivity contribution in [3.63, 3.8) is 0 Å². The molecule has 0 aliphatic rings. The molecule has 2 heteroatoms. The number of hydroxylamine groups is 1. The summed E-state index contributed by atoms with van der Waals surface area (Å²) in [4.78, 5) is 5.10. The van der Waals surface area contributed by atoms with Crippen molar-refractivity contribution in [2.45, 2.75) is 104 Å². The molecule has 0 unspecified atom stereocenters. The van der Waals surface area contributed by atoms with Gasteiger partial charge in [0.15, 0.2) is 0 Å². The van der Waals surface area contributed by atoms with Gasteiger partial charge in [0.25, 0.3) is 0 Å². The van der Waals surface area contributed by atoms with Crippen molar-refractivity contribution in [3.8, 4) is 0 Å². The van der Waals surface area contributed by atoms with E-state index in [9.17, 15) is 0 Å². The molecule has 0 aliphatic carbocycles. The van der Waals surface area contributed by atoms with Crippen molar-refractivity contribution in [1.82, 2.24) is 5.48 Å². The Bertz CT molecular complexity index is 216. The summed E-state index contributed by atoms with van der Waals surface area (Å²) in [6.45, 7) is 6.04. The second-order valence-electron chi connectivity index (χ2n) is 6.27. The van der Waals surface area contributed by atoms with Crippen molar-refractivity contribution in [3.05, 3.63) is 12.2 Å². The van der Waals surface area contributed by atoms with Crippen molar-refractivity contribution in [2.75, 3.05) is 13.2 Å². The van der Waals surface area contributed by atoms with E-state index < -0.39 is 0 Å². The highest BCUT2D eigenvalue weighted by molar-refractivity contribution is 4.81. The normalized spacial score (nSPS) is 11.5. The van der Waals surface area contributed by atoms with Gasteiger partial charge < -0.3 is 4.84 Å². The van der Waals surface area contributed by atoms with Crippen LogP contribution in [0.3, 0.4) is 0 Å². The van der Waals surface area contributed by atoms with Gasteiger partial charge in [-0.15, -0.1) is 0 Å². The van der Waals surface area contributed by atoms with E-state index in [1.807, 2.05) is 6.92 Å². The Morgan fingerprint density at radius 3 is 1.68 bits per heavy atom. The molecular formula is C20H41NO. The standard InChI is InChI=1S/C20H41NO/c1-3-5-6-7-8-9-10-11-12-13-14-15-16-17-18-19-20-21-22-4-2/h11-12,21H,3-10,13-20H2,1-2H3. The summed E-state index contributed by atoms with van der Waals surface area (Å²) in [6.07, 6.45) is 23.9. The molecule has 0 atom stereocenters. The maximum absolute atomic E-state index is 5.10. The number of unbranched alkanes of at least 4 members (excludes halogenated alkanes) is 12. The van der Waals surface area contributed by atoms with Crippen LogP contribution in [0.15, 0.2) is 12.2 Å². The third-order valence-corrected chi connectivity index (χ3v) is 4.04. The molecule has 0 spiro atoms. The molecule has 22 heavy (non-hydrogen) atoms. The number of hydrogen-bond donors (Lipinski definition) is 1. The lowest BCUT2D eigenvalue weighted by molar-refractivity contribution is 0.0500. The Labute approximate surface area is 140 Å². The predicted octanol–water partition coefficient (Wildman–Crippen LogP) is 6.57. The van der Waals surface area contributed by atoms with Gasteiger partial charge in [-0.25, -0.2) is 5.48 Å².